The van der Waals surface area contributed by atoms with Crippen LogP contribution in [0.3, 0.4) is 0 Å². The monoisotopic (exact) mass is 460 g/mol. The van der Waals surface area contributed by atoms with Crippen LogP contribution in [0.2, 0.25) is 0 Å². The molecule has 3 aromatic rings. The first-order chi connectivity index (χ1) is 16.0. The Morgan fingerprint density at radius 1 is 1.12 bits per heavy atom. The van der Waals surface area contributed by atoms with E-state index in [0.717, 1.165) is 37.4 Å². The molecule has 3 aromatic heterocycles. The first-order valence-electron chi connectivity index (χ1n) is 11.5. The minimum absolute atomic E-state index is 0.0992. The first kappa shape index (κ1) is 21.9. The molecular formula is C23H27F3N6O. The van der Waals surface area contributed by atoms with Crippen molar-refractivity contribution in [1.82, 2.24) is 24.9 Å². The molecule has 0 radical (unpaired) electrons. The molecule has 0 spiro atoms. The standard InChI is InChI=1S/C23H27F3N6O/c1-33-19-10-20-28-12-18(32(20)31-21(19)13-5-3-2-4-6-13)22-15(25)9-16(26)23(30-22)29-17-11-27-8-7-14(17)24/h9-10,12-14,17,27H,2-8,11H2,1H3,(H,29,30). The number of piperidine rings is 1. The molecule has 4 heterocycles. The molecule has 1 aliphatic carbocycles. The second-order valence-electron chi connectivity index (χ2n) is 8.76. The molecule has 1 saturated carbocycles. The number of alkyl halides is 1. The first-order valence-corrected chi connectivity index (χ1v) is 11.5. The van der Waals surface area contributed by atoms with E-state index in [4.69, 9.17) is 9.84 Å². The van der Waals surface area contributed by atoms with Gasteiger partial charge in [0.15, 0.2) is 23.1 Å². The van der Waals surface area contributed by atoms with Crippen molar-refractivity contribution in [2.24, 2.45) is 0 Å². The Hall–Kier alpha value is -2.88. The number of ether oxygens (including phenoxy) is 1. The highest BCUT2D eigenvalue weighted by Gasteiger charge is 2.28. The van der Waals surface area contributed by atoms with Crippen molar-refractivity contribution in [2.45, 2.75) is 56.7 Å². The van der Waals surface area contributed by atoms with Gasteiger partial charge in [-0.3, -0.25) is 0 Å². The van der Waals surface area contributed by atoms with Crippen LogP contribution < -0.4 is 15.4 Å². The summed E-state index contributed by atoms with van der Waals surface area (Å²) in [6.45, 7) is 0.890. The third-order valence-electron chi connectivity index (χ3n) is 6.59. The van der Waals surface area contributed by atoms with Crippen molar-refractivity contribution in [1.29, 1.82) is 0 Å². The SMILES string of the molecule is COc1cc2ncc(-c3nc(NC4CNCCC4F)c(F)cc3F)n2nc1C1CCCCC1. The van der Waals surface area contributed by atoms with Crippen LogP contribution in [0.1, 0.15) is 50.1 Å². The van der Waals surface area contributed by atoms with Gasteiger partial charge in [-0.25, -0.2) is 27.7 Å². The van der Waals surface area contributed by atoms with Crippen LogP contribution in [0.4, 0.5) is 19.0 Å². The van der Waals surface area contributed by atoms with Crippen molar-refractivity contribution in [3.8, 4) is 17.1 Å². The third-order valence-corrected chi connectivity index (χ3v) is 6.59. The number of methoxy groups -OCH3 is 1. The molecule has 0 aromatic carbocycles. The van der Waals surface area contributed by atoms with Crippen molar-refractivity contribution in [3.05, 3.63) is 35.7 Å². The maximum absolute atomic E-state index is 14.9. The molecule has 2 unspecified atom stereocenters. The second-order valence-corrected chi connectivity index (χ2v) is 8.76. The fraction of sp³-hybridized carbons (Fsp3) is 0.522. The van der Waals surface area contributed by atoms with Gasteiger partial charge in [0, 0.05) is 24.6 Å². The molecule has 2 atom stereocenters. The zero-order chi connectivity index (χ0) is 22.9. The number of nitrogens with zero attached hydrogens (tertiary/aromatic N) is 4. The quantitative estimate of drug-likeness (QED) is 0.593. The molecular weight excluding hydrogens is 433 g/mol. The highest BCUT2D eigenvalue weighted by atomic mass is 19.1. The summed E-state index contributed by atoms with van der Waals surface area (Å²) in [5, 5.41) is 10.6. The predicted octanol–water partition coefficient (Wildman–Crippen LogP) is 4.24. The van der Waals surface area contributed by atoms with E-state index in [1.54, 1.807) is 13.2 Å². The Labute approximate surface area is 189 Å². The van der Waals surface area contributed by atoms with Crippen LogP contribution in [-0.4, -0.2) is 52.0 Å². The van der Waals surface area contributed by atoms with Crippen molar-refractivity contribution < 1.29 is 17.9 Å². The Balaban J connectivity index is 1.55. The third kappa shape index (κ3) is 4.23. The van der Waals surface area contributed by atoms with Gasteiger partial charge in [0.1, 0.15) is 29.0 Å². The lowest BCUT2D eigenvalue weighted by Gasteiger charge is -2.28. The highest BCUT2D eigenvalue weighted by molar-refractivity contribution is 5.63. The number of nitrogens with one attached hydrogen (secondary N) is 2. The molecule has 1 aliphatic heterocycles. The Morgan fingerprint density at radius 2 is 1.94 bits per heavy atom. The van der Waals surface area contributed by atoms with Crippen molar-refractivity contribution in [2.75, 3.05) is 25.5 Å². The van der Waals surface area contributed by atoms with Crippen molar-refractivity contribution in [3.63, 3.8) is 0 Å². The van der Waals surface area contributed by atoms with Gasteiger partial charge in [-0.2, -0.15) is 5.10 Å². The highest BCUT2D eigenvalue weighted by Crippen LogP contribution is 2.37. The summed E-state index contributed by atoms with van der Waals surface area (Å²) in [5.74, 6) is -1.01. The number of aromatic nitrogens is 4. The van der Waals surface area contributed by atoms with Crippen LogP contribution >= 0.6 is 0 Å². The summed E-state index contributed by atoms with van der Waals surface area (Å²) in [7, 11) is 1.60. The summed E-state index contributed by atoms with van der Waals surface area (Å²) in [6, 6.07) is 1.89. The van der Waals surface area contributed by atoms with Crippen molar-refractivity contribution >= 4 is 11.5 Å². The van der Waals surface area contributed by atoms with Crippen LogP contribution in [0, 0.1) is 11.6 Å². The number of rotatable bonds is 5. The Morgan fingerprint density at radius 3 is 2.70 bits per heavy atom. The molecule has 2 aliphatic rings. The smallest absolute Gasteiger partial charge is 0.168 e. The van der Waals surface area contributed by atoms with Gasteiger partial charge in [-0.1, -0.05) is 19.3 Å². The number of hydrogen-bond acceptors (Lipinski definition) is 6. The minimum Gasteiger partial charge on any atom is -0.495 e. The van der Waals surface area contributed by atoms with Crippen LogP contribution in [0.15, 0.2) is 18.3 Å². The average Bonchev–Trinajstić information content (AvgIpc) is 3.24. The minimum atomic E-state index is -1.15. The fourth-order valence-corrected chi connectivity index (χ4v) is 4.79. The molecule has 176 valence electrons. The maximum Gasteiger partial charge on any atom is 0.168 e. The molecule has 0 amide bonds. The largest absolute Gasteiger partial charge is 0.495 e. The summed E-state index contributed by atoms with van der Waals surface area (Å²) >= 11 is 0. The molecule has 7 nitrogen and oxygen atoms in total. The molecule has 10 heteroatoms. The summed E-state index contributed by atoms with van der Waals surface area (Å²) < 4.78 is 50.7. The molecule has 1 saturated heterocycles. The summed E-state index contributed by atoms with van der Waals surface area (Å²) in [5.41, 5.74) is 1.47. The average molecular weight is 461 g/mol. The van der Waals surface area contributed by atoms with E-state index in [1.807, 2.05) is 0 Å². The second kappa shape index (κ2) is 9.17. The summed E-state index contributed by atoms with van der Waals surface area (Å²) in [6.07, 6.45) is 6.10. The fourth-order valence-electron chi connectivity index (χ4n) is 4.79. The molecule has 0 bridgehead atoms. The van der Waals surface area contributed by atoms with E-state index in [-0.39, 0.29) is 17.4 Å². The van der Waals surface area contributed by atoms with Gasteiger partial charge in [-0.15, -0.1) is 0 Å². The maximum atomic E-state index is 14.9. The lowest BCUT2D eigenvalue weighted by Crippen LogP contribution is -2.46. The molecule has 2 N–H and O–H groups in total. The van der Waals surface area contributed by atoms with Crippen LogP contribution in [-0.2, 0) is 0 Å². The zero-order valence-corrected chi connectivity index (χ0v) is 18.5. The van der Waals surface area contributed by atoms with Gasteiger partial charge in [0.05, 0.1) is 19.3 Å². The lowest BCUT2D eigenvalue weighted by molar-refractivity contribution is 0.240. The van der Waals surface area contributed by atoms with Gasteiger partial charge in [-0.05, 0) is 25.8 Å². The summed E-state index contributed by atoms with van der Waals surface area (Å²) in [4.78, 5) is 8.53. The number of anilines is 1. The normalized spacial score (nSPS) is 21.9. The van der Waals surface area contributed by atoms with E-state index in [1.165, 1.54) is 17.1 Å². The van der Waals surface area contributed by atoms with E-state index < -0.39 is 23.8 Å². The number of hydrogen-bond donors (Lipinski definition) is 2. The van der Waals surface area contributed by atoms with E-state index in [9.17, 15) is 13.2 Å². The van der Waals surface area contributed by atoms with E-state index in [2.05, 4.69) is 20.6 Å². The van der Waals surface area contributed by atoms with Gasteiger partial charge in [0.2, 0.25) is 0 Å². The number of halogens is 3. The lowest BCUT2D eigenvalue weighted by atomic mass is 9.86. The van der Waals surface area contributed by atoms with E-state index in [0.29, 0.717) is 36.6 Å². The number of pyridine rings is 1. The number of imidazole rings is 1. The molecule has 2 fully saturated rings. The Kier molecular flexibility index (Phi) is 6.09. The molecule has 5 rings (SSSR count). The zero-order valence-electron chi connectivity index (χ0n) is 18.5. The van der Waals surface area contributed by atoms with E-state index >= 15 is 0 Å². The topological polar surface area (TPSA) is 76.4 Å². The van der Waals surface area contributed by atoms with Gasteiger partial charge < -0.3 is 15.4 Å². The van der Waals surface area contributed by atoms with Crippen LogP contribution in [0.25, 0.3) is 17.0 Å². The van der Waals surface area contributed by atoms with Crippen LogP contribution in [0.5, 0.6) is 5.75 Å². The predicted molar refractivity (Wildman–Crippen MR) is 118 cm³/mol. The number of fused-ring (bicyclic) bond motifs is 1. The Bertz CT molecular complexity index is 1150. The van der Waals surface area contributed by atoms with Gasteiger partial charge in [0.25, 0.3) is 0 Å². The van der Waals surface area contributed by atoms with Gasteiger partial charge >= 0.3 is 0 Å². The molecule has 33 heavy (non-hydrogen) atoms.